The number of nitrogen functional groups attached to an aromatic ring is 1. The second-order valence-electron chi connectivity index (χ2n) is 6.63. The van der Waals surface area contributed by atoms with E-state index in [-0.39, 0.29) is 28.0 Å². The fourth-order valence-corrected chi connectivity index (χ4v) is 4.59. The van der Waals surface area contributed by atoms with E-state index >= 15 is 0 Å². The Morgan fingerprint density at radius 2 is 1.93 bits per heavy atom. The van der Waals surface area contributed by atoms with Crippen LogP contribution in [0.3, 0.4) is 0 Å². The lowest BCUT2D eigenvalue weighted by Crippen LogP contribution is -2.17. The molecule has 3 rings (SSSR count). The number of nitrogens with two attached hydrogens (primary N) is 1. The zero-order valence-electron chi connectivity index (χ0n) is 16.0. The summed E-state index contributed by atoms with van der Waals surface area (Å²) >= 11 is 0. The van der Waals surface area contributed by atoms with Crippen LogP contribution >= 0.6 is 0 Å². The highest BCUT2D eigenvalue weighted by Crippen LogP contribution is 2.28. The molecule has 10 heteroatoms. The summed E-state index contributed by atoms with van der Waals surface area (Å²) < 4.78 is 31.9. The summed E-state index contributed by atoms with van der Waals surface area (Å²) in [5.41, 5.74) is 7.85. The van der Waals surface area contributed by atoms with Crippen LogP contribution in [0.5, 0.6) is 0 Å². The van der Waals surface area contributed by atoms with Crippen LogP contribution in [0.25, 0.3) is 5.69 Å². The molecule has 0 fully saturated rings. The van der Waals surface area contributed by atoms with Crippen molar-refractivity contribution < 1.29 is 8.42 Å². The normalized spacial score (nSPS) is 11.6. The highest BCUT2D eigenvalue weighted by molar-refractivity contribution is 7.92. The average Bonchev–Trinajstić information content (AvgIpc) is 3.14. The summed E-state index contributed by atoms with van der Waals surface area (Å²) in [5, 5.41) is 17.5. The number of benzene rings is 1. The molecule has 0 radical (unpaired) electrons. The Morgan fingerprint density at radius 3 is 2.50 bits per heavy atom. The van der Waals surface area contributed by atoms with E-state index in [0.717, 1.165) is 0 Å². The molecule has 0 atom stereocenters. The third kappa shape index (κ3) is 3.20. The molecule has 0 aliphatic heterocycles. The number of nitrogens with one attached hydrogen (secondary N) is 1. The minimum absolute atomic E-state index is 0.0308. The number of aryl methyl sites for hydroxylation is 1. The molecule has 2 heterocycles. The van der Waals surface area contributed by atoms with Gasteiger partial charge in [0.1, 0.15) is 22.3 Å². The Labute approximate surface area is 163 Å². The van der Waals surface area contributed by atoms with Gasteiger partial charge in [0, 0.05) is 6.04 Å². The van der Waals surface area contributed by atoms with Crippen molar-refractivity contribution >= 4 is 21.5 Å². The molecule has 0 saturated carbocycles. The van der Waals surface area contributed by atoms with Crippen molar-refractivity contribution in [3.05, 3.63) is 47.4 Å². The van der Waals surface area contributed by atoms with Crippen molar-refractivity contribution in [1.29, 1.82) is 5.26 Å². The maximum Gasteiger partial charge on any atom is 0.265 e. The molecule has 9 nitrogen and oxygen atoms in total. The van der Waals surface area contributed by atoms with E-state index in [0.29, 0.717) is 17.1 Å². The lowest BCUT2D eigenvalue weighted by Gasteiger charge is -2.14. The zero-order chi connectivity index (χ0) is 20.6. The molecule has 0 amide bonds. The molecule has 0 bridgehead atoms. The lowest BCUT2D eigenvalue weighted by atomic mass is 10.2. The number of sulfonamides is 1. The number of aromatic nitrogens is 4. The first-order valence-electron chi connectivity index (χ1n) is 8.59. The summed E-state index contributed by atoms with van der Waals surface area (Å²) in [6.45, 7) is 7.26. The predicted molar refractivity (Wildman–Crippen MR) is 106 cm³/mol. The maximum absolute atomic E-state index is 13.1. The Balaban J connectivity index is 2.08. The van der Waals surface area contributed by atoms with Gasteiger partial charge in [0.15, 0.2) is 0 Å². The second kappa shape index (κ2) is 7.01. The van der Waals surface area contributed by atoms with E-state index in [4.69, 9.17) is 11.0 Å². The van der Waals surface area contributed by atoms with Crippen LogP contribution in [-0.2, 0) is 10.0 Å². The van der Waals surface area contributed by atoms with E-state index < -0.39 is 10.0 Å². The number of rotatable bonds is 5. The summed E-state index contributed by atoms with van der Waals surface area (Å²) in [6, 6.07) is 8.68. The molecule has 0 aliphatic carbocycles. The van der Waals surface area contributed by atoms with Gasteiger partial charge in [0.2, 0.25) is 0 Å². The molecule has 2 aromatic heterocycles. The average molecular weight is 399 g/mol. The minimum Gasteiger partial charge on any atom is -0.382 e. The Morgan fingerprint density at radius 1 is 1.25 bits per heavy atom. The van der Waals surface area contributed by atoms with Gasteiger partial charge < -0.3 is 5.73 Å². The number of anilines is 2. The number of hydrogen-bond donors (Lipinski definition) is 2. The van der Waals surface area contributed by atoms with Gasteiger partial charge in [0.25, 0.3) is 10.0 Å². The van der Waals surface area contributed by atoms with Gasteiger partial charge in [-0.1, -0.05) is 12.1 Å². The quantitative estimate of drug-likeness (QED) is 0.677. The SMILES string of the molecule is Cc1nn(C(C)C)c(C)c1S(=O)(=O)Nc1ccccc1-n1ncc(C#N)c1N. The smallest absolute Gasteiger partial charge is 0.265 e. The molecular weight excluding hydrogens is 378 g/mol. The van der Waals surface area contributed by atoms with Gasteiger partial charge >= 0.3 is 0 Å². The molecule has 0 spiro atoms. The van der Waals surface area contributed by atoms with Crippen molar-refractivity contribution in [3.63, 3.8) is 0 Å². The first-order valence-corrected chi connectivity index (χ1v) is 10.1. The summed E-state index contributed by atoms with van der Waals surface area (Å²) in [4.78, 5) is 0.141. The predicted octanol–water partition coefficient (Wildman–Crippen LogP) is 2.52. The van der Waals surface area contributed by atoms with E-state index in [1.54, 1.807) is 42.8 Å². The van der Waals surface area contributed by atoms with Crippen molar-refractivity contribution in [2.45, 2.75) is 38.6 Å². The fourth-order valence-electron chi connectivity index (χ4n) is 3.12. The molecule has 0 unspecified atom stereocenters. The fraction of sp³-hybridized carbons (Fsp3) is 0.278. The third-order valence-electron chi connectivity index (χ3n) is 4.32. The van der Waals surface area contributed by atoms with Crippen molar-refractivity contribution in [3.8, 4) is 11.8 Å². The molecule has 0 aliphatic rings. The van der Waals surface area contributed by atoms with Gasteiger partial charge in [0.05, 0.1) is 29.0 Å². The van der Waals surface area contributed by atoms with Crippen LogP contribution < -0.4 is 10.5 Å². The van der Waals surface area contributed by atoms with Crippen LogP contribution in [0.2, 0.25) is 0 Å². The molecule has 3 aromatic rings. The molecule has 0 saturated heterocycles. The number of nitrogens with zero attached hydrogens (tertiary/aromatic N) is 5. The number of nitriles is 1. The van der Waals surface area contributed by atoms with Crippen molar-refractivity contribution in [2.24, 2.45) is 0 Å². The summed E-state index contributed by atoms with van der Waals surface area (Å²) in [5.74, 6) is 0.133. The Kier molecular flexibility index (Phi) is 4.87. The monoisotopic (exact) mass is 399 g/mol. The van der Waals surface area contributed by atoms with E-state index in [9.17, 15) is 8.42 Å². The first-order chi connectivity index (χ1) is 13.2. The van der Waals surface area contributed by atoms with Crippen LogP contribution in [-0.4, -0.2) is 28.0 Å². The highest BCUT2D eigenvalue weighted by Gasteiger charge is 2.26. The van der Waals surface area contributed by atoms with Gasteiger partial charge in [-0.05, 0) is 39.8 Å². The van der Waals surface area contributed by atoms with Crippen LogP contribution in [0.4, 0.5) is 11.5 Å². The maximum atomic E-state index is 13.1. The molecule has 146 valence electrons. The van der Waals surface area contributed by atoms with Crippen molar-refractivity contribution in [1.82, 2.24) is 19.6 Å². The standard InChI is InChI=1S/C18H21N7O2S/c1-11(2)24-13(4)17(12(3)22-24)28(26,27)23-15-7-5-6-8-16(15)25-18(20)14(9-19)10-21-25/h5-8,10-11,23H,20H2,1-4H3. The zero-order valence-corrected chi connectivity index (χ0v) is 16.8. The lowest BCUT2D eigenvalue weighted by molar-refractivity contribution is 0.514. The summed E-state index contributed by atoms with van der Waals surface area (Å²) in [6.07, 6.45) is 1.33. The highest BCUT2D eigenvalue weighted by atomic mass is 32.2. The topological polar surface area (TPSA) is 132 Å². The largest absolute Gasteiger partial charge is 0.382 e. The van der Waals surface area contributed by atoms with E-state index in [1.807, 2.05) is 19.9 Å². The third-order valence-corrected chi connectivity index (χ3v) is 5.94. The number of para-hydroxylation sites is 2. The van der Waals surface area contributed by atoms with Crippen molar-refractivity contribution in [2.75, 3.05) is 10.5 Å². The molecule has 3 N–H and O–H groups in total. The van der Waals surface area contributed by atoms with Crippen LogP contribution in [0, 0.1) is 25.2 Å². The van der Waals surface area contributed by atoms with E-state index in [2.05, 4.69) is 14.9 Å². The second-order valence-corrected chi connectivity index (χ2v) is 8.25. The first kappa shape index (κ1) is 19.4. The van der Waals surface area contributed by atoms with Gasteiger partial charge in [-0.15, -0.1) is 0 Å². The Bertz CT molecular complexity index is 1180. The summed E-state index contributed by atoms with van der Waals surface area (Å²) in [7, 11) is -3.91. The van der Waals surface area contributed by atoms with Gasteiger partial charge in [-0.25, -0.2) is 13.1 Å². The minimum atomic E-state index is -3.91. The molecular formula is C18H21N7O2S. The van der Waals surface area contributed by atoms with E-state index in [1.165, 1.54) is 10.9 Å². The van der Waals surface area contributed by atoms with Gasteiger partial charge in [-0.3, -0.25) is 9.40 Å². The molecule has 1 aromatic carbocycles. The Hall–Kier alpha value is -3.32. The van der Waals surface area contributed by atoms with Crippen LogP contribution in [0.15, 0.2) is 35.4 Å². The van der Waals surface area contributed by atoms with Crippen LogP contribution in [0.1, 0.15) is 36.8 Å². The molecule has 28 heavy (non-hydrogen) atoms. The number of hydrogen-bond acceptors (Lipinski definition) is 6. The van der Waals surface area contributed by atoms with Gasteiger partial charge in [-0.2, -0.15) is 15.5 Å².